The number of amides is 1. The van der Waals surface area contributed by atoms with E-state index in [0.29, 0.717) is 25.3 Å². The molecule has 0 aliphatic carbocycles. The first kappa shape index (κ1) is 21.0. The van der Waals surface area contributed by atoms with E-state index in [9.17, 15) is 14.9 Å². The molecule has 1 saturated heterocycles. The Balaban J connectivity index is 1.56. The Morgan fingerprint density at radius 3 is 2.68 bits per heavy atom. The third-order valence-corrected chi connectivity index (χ3v) is 5.75. The molecule has 4 rings (SSSR count). The molecular weight excluding hydrogens is 396 g/mol. The monoisotopic (exact) mass is 422 g/mol. The summed E-state index contributed by atoms with van der Waals surface area (Å²) in [6, 6.07) is 14.5. The Kier molecular flexibility index (Phi) is 6.59. The fourth-order valence-corrected chi connectivity index (χ4v) is 4.15. The zero-order chi connectivity index (χ0) is 21.6. The van der Waals surface area contributed by atoms with Crippen LogP contribution < -0.4 is 5.32 Å². The highest BCUT2D eigenvalue weighted by Gasteiger charge is 2.27. The van der Waals surface area contributed by atoms with E-state index in [0.717, 1.165) is 36.1 Å². The molecule has 2 N–H and O–H groups in total. The highest BCUT2D eigenvalue weighted by Crippen LogP contribution is 2.37. The van der Waals surface area contributed by atoms with Crippen molar-refractivity contribution in [1.82, 2.24) is 15.2 Å². The molecule has 1 fully saturated rings. The highest BCUT2D eigenvalue weighted by atomic mass is 16.6. The number of morpholine rings is 1. The van der Waals surface area contributed by atoms with Gasteiger partial charge in [-0.2, -0.15) is 0 Å². The molecule has 1 aliphatic rings. The number of para-hydroxylation sites is 2. The lowest BCUT2D eigenvalue weighted by atomic mass is 9.87. The molecule has 0 saturated carbocycles. The van der Waals surface area contributed by atoms with Crippen LogP contribution in [-0.2, 0) is 9.53 Å². The first-order valence-corrected chi connectivity index (χ1v) is 10.5. The number of H-pyrrole nitrogens is 1. The van der Waals surface area contributed by atoms with Crippen LogP contribution in [0.3, 0.4) is 0 Å². The van der Waals surface area contributed by atoms with Crippen molar-refractivity contribution in [2.45, 2.75) is 12.3 Å². The lowest BCUT2D eigenvalue weighted by Gasteiger charge is -2.26. The predicted octanol–water partition coefficient (Wildman–Crippen LogP) is 3.05. The van der Waals surface area contributed by atoms with Gasteiger partial charge in [0.15, 0.2) is 0 Å². The molecule has 1 aromatic heterocycles. The van der Waals surface area contributed by atoms with E-state index in [4.69, 9.17) is 4.74 Å². The fourth-order valence-electron chi connectivity index (χ4n) is 4.15. The minimum absolute atomic E-state index is 0.0268. The predicted molar refractivity (Wildman–Crippen MR) is 118 cm³/mol. The maximum Gasteiger partial charge on any atom is 0.273 e. The van der Waals surface area contributed by atoms with Gasteiger partial charge < -0.3 is 15.0 Å². The number of nitro groups is 1. The molecule has 0 unspecified atom stereocenters. The van der Waals surface area contributed by atoms with E-state index in [2.05, 4.69) is 15.2 Å². The van der Waals surface area contributed by atoms with Gasteiger partial charge in [0.1, 0.15) is 0 Å². The van der Waals surface area contributed by atoms with Gasteiger partial charge in [-0.1, -0.05) is 36.4 Å². The number of rotatable bonds is 8. The fraction of sp³-hybridized carbons (Fsp3) is 0.348. The van der Waals surface area contributed by atoms with Crippen molar-refractivity contribution in [1.29, 1.82) is 0 Å². The summed E-state index contributed by atoms with van der Waals surface area (Å²) in [4.78, 5) is 29.6. The SMILES string of the molecule is O=C(C[C@@H](c1ccccc1[N+](=O)[O-])c1c[nH]c2ccccc12)NCCN1CCOCC1. The molecular formula is C23H26N4O4. The molecule has 3 aromatic rings. The molecule has 1 atom stereocenters. The molecule has 8 heteroatoms. The molecule has 2 aromatic carbocycles. The van der Waals surface area contributed by atoms with Crippen molar-refractivity contribution in [3.8, 4) is 0 Å². The summed E-state index contributed by atoms with van der Waals surface area (Å²) in [6.45, 7) is 4.46. The zero-order valence-corrected chi connectivity index (χ0v) is 17.3. The third-order valence-electron chi connectivity index (χ3n) is 5.75. The van der Waals surface area contributed by atoms with Crippen LogP contribution in [0.1, 0.15) is 23.5 Å². The van der Waals surface area contributed by atoms with Crippen LogP contribution in [0.5, 0.6) is 0 Å². The number of nitrogens with zero attached hydrogens (tertiary/aromatic N) is 2. The van der Waals surface area contributed by atoms with E-state index in [-0.39, 0.29) is 22.9 Å². The van der Waals surface area contributed by atoms with Gasteiger partial charge in [0, 0.05) is 67.2 Å². The van der Waals surface area contributed by atoms with E-state index < -0.39 is 5.92 Å². The van der Waals surface area contributed by atoms with Gasteiger partial charge in [-0.15, -0.1) is 0 Å². The number of hydrogen-bond donors (Lipinski definition) is 2. The van der Waals surface area contributed by atoms with Gasteiger partial charge in [0.05, 0.1) is 18.1 Å². The van der Waals surface area contributed by atoms with Crippen molar-refractivity contribution < 1.29 is 14.5 Å². The Labute approximate surface area is 180 Å². The summed E-state index contributed by atoms with van der Waals surface area (Å²) in [7, 11) is 0. The van der Waals surface area contributed by atoms with Crippen LogP contribution >= 0.6 is 0 Å². The molecule has 8 nitrogen and oxygen atoms in total. The number of fused-ring (bicyclic) bond motifs is 1. The van der Waals surface area contributed by atoms with Gasteiger partial charge in [-0.05, 0) is 11.6 Å². The highest BCUT2D eigenvalue weighted by molar-refractivity contribution is 5.86. The number of benzene rings is 2. The zero-order valence-electron chi connectivity index (χ0n) is 17.3. The second kappa shape index (κ2) is 9.72. The molecule has 1 amide bonds. The number of carbonyl (C=O) groups is 1. The van der Waals surface area contributed by atoms with Crippen LogP contribution in [0.25, 0.3) is 10.9 Å². The second-order valence-corrected chi connectivity index (χ2v) is 7.67. The standard InChI is InChI=1S/C23H26N4O4/c28-23(24-9-10-26-11-13-31-14-12-26)15-19(18-6-2-4-8-22(18)27(29)30)20-16-25-21-7-3-1-5-17(20)21/h1-8,16,19,25H,9-15H2,(H,24,28)/t19-/m0/s1. The summed E-state index contributed by atoms with van der Waals surface area (Å²) < 4.78 is 5.35. The van der Waals surface area contributed by atoms with Crippen LogP contribution in [0, 0.1) is 10.1 Å². The van der Waals surface area contributed by atoms with Gasteiger partial charge in [0.2, 0.25) is 5.91 Å². The Morgan fingerprint density at radius 1 is 1.13 bits per heavy atom. The van der Waals surface area contributed by atoms with Gasteiger partial charge in [0.25, 0.3) is 5.69 Å². The first-order valence-electron chi connectivity index (χ1n) is 10.5. The maximum atomic E-state index is 12.8. The maximum absolute atomic E-state index is 12.8. The van der Waals surface area contributed by atoms with Gasteiger partial charge in [-0.25, -0.2) is 0 Å². The van der Waals surface area contributed by atoms with Crippen molar-refractivity contribution in [3.05, 3.63) is 76.0 Å². The van der Waals surface area contributed by atoms with E-state index in [1.165, 1.54) is 6.07 Å². The van der Waals surface area contributed by atoms with Crippen molar-refractivity contribution >= 4 is 22.5 Å². The molecule has 162 valence electrons. The van der Waals surface area contributed by atoms with Crippen LogP contribution in [-0.4, -0.2) is 60.1 Å². The van der Waals surface area contributed by atoms with Crippen molar-refractivity contribution in [3.63, 3.8) is 0 Å². The topological polar surface area (TPSA) is 100 Å². The quantitative estimate of drug-likeness (QED) is 0.429. The normalized spacial score (nSPS) is 15.6. The second-order valence-electron chi connectivity index (χ2n) is 7.67. The first-order chi connectivity index (χ1) is 15.1. The van der Waals surface area contributed by atoms with Crippen LogP contribution in [0.15, 0.2) is 54.7 Å². The van der Waals surface area contributed by atoms with Crippen LogP contribution in [0.2, 0.25) is 0 Å². The van der Waals surface area contributed by atoms with Crippen LogP contribution in [0.4, 0.5) is 5.69 Å². The summed E-state index contributed by atoms with van der Waals surface area (Å²) in [6.07, 6.45) is 1.99. The average molecular weight is 422 g/mol. The Hall–Kier alpha value is -3.23. The van der Waals surface area contributed by atoms with Crippen molar-refractivity contribution in [2.24, 2.45) is 0 Å². The third kappa shape index (κ3) is 4.92. The Bertz CT molecular complexity index is 1060. The average Bonchev–Trinajstić information content (AvgIpc) is 3.22. The number of carbonyl (C=O) groups excluding carboxylic acids is 1. The number of aromatic amines is 1. The number of ether oxygens (including phenoxy) is 1. The van der Waals surface area contributed by atoms with Gasteiger partial charge >= 0.3 is 0 Å². The number of nitrogens with one attached hydrogen (secondary N) is 2. The van der Waals surface area contributed by atoms with E-state index >= 15 is 0 Å². The summed E-state index contributed by atoms with van der Waals surface area (Å²) in [5.41, 5.74) is 2.39. The molecule has 31 heavy (non-hydrogen) atoms. The summed E-state index contributed by atoms with van der Waals surface area (Å²) in [5.74, 6) is -0.553. The largest absolute Gasteiger partial charge is 0.379 e. The minimum atomic E-state index is -0.430. The molecule has 0 radical (unpaired) electrons. The van der Waals surface area contributed by atoms with Gasteiger partial charge in [-0.3, -0.25) is 19.8 Å². The summed E-state index contributed by atoms with van der Waals surface area (Å²) >= 11 is 0. The molecule has 0 bridgehead atoms. The number of hydrogen-bond acceptors (Lipinski definition) is 5. The smallest absolute Gasteiger partial charge is 0.273 e. The summed E-state index contributed by atoms with van der Waals surface area (Å²) in [5, 5.41) is 15.6. The molecule has 1 aliphatic heterocycles. The number of aromatic nitrogens is 1. The lowest BCUT2D eigenvalue weighted by molar-refractivity contribution is -0.385. The molecule has 0 spiro atoms. The van der Waals surface area contributed by atoms with E-state index in [1.54, 1.807) is 18.2 Å². The minimum Gasteiger partial charge on any atom is -0.379 e. The molecule has 2 heterocycles. The van der Waals surface area contributed by atoms with E-state index in [1.807, 2.05) is 30.5 Å². The van der Waals surface area contributed by atoms with Crippen molar-refractivity contribution in [2.75, 3.05) is 39.4 Å². The Morgan fingerprint density at radius 2 is 1.87 bits per heavy atom. The number of nitro benzene ring substituents is 1. The lowest BCUT2D eigenvalue weighted by Crippen LogP contribution is -2.41.